The van der Waals surface area contributed by atoms with E-state index in [0.717, 1.165) is 6.42 Å². The Morgan fingerprint density at radius 3 is 2.50 bits per heavy atom. The first-order chi connectivity index (χ1) is 9.43. The minimum Gasteiger partial charge on any atom is -0.335 e. The summed E-state index contributed by atoms with van der Waals surface area (Å²) in [6, 6.07) is 6.49. The largest absolute Gasteiger partial charge is 0.335 e. The van der Waals surface area contributed by atoms with Crippen molar-refractivity contribution >= 4 is 27.3 Å². The van der Waals surface area contributed by atoms with E-state index in [2.05, 4.69) is 0 Å². The standard InChI is InChI=1S/C14H18ClNO3S/c1-2-8-16(13-7-9-20(18,19)10-13)14(17)11-3-5-12(15)6-4-11/h3-6,13H,2,7-10H2,1H3. The number of hydrogen-bond donors (Lipinski definition) is 0. The van der Waals surface area contributed by atoms with Crippen LogP contribution in [0.1, 0.15) is 30.1 Å². The fourth-order valence-corrected chi connectivity index (χ4v) is 4.33. The second-order valence-electron chi connectivity index (χ2n) is 5.06. The summed E-state index contributed by atoms with van der Waals surface area (Å²) >= 11 is 5.82. The number of rotatable bonds is 4. The molecule has 1 saturated heterocycles. The maximum absolute atomic E-state index is 12.5. The Bertz CT molecular complexity index is 583. The van der Waals surface area contributed by atoms with Gasteiger partial charge in [-0.1, -0.05) is 18.5 Å². The van der Waals surface area contributed by atoms with Gasteiger partial charge in [0.1, 0.15) is 0 Å². The fourth-order valence-electron chi connectivity index (χ4n) is 2.47. The maximum atomic E-state index is 12.5. The third-order valence-corrected chi connectivity index (χ3v) is 5.47. The van der Waals surface area contributed by atoms with Crippen LogP contribution < -0.4 is 0 Å². The molecule has 4 nitrogen and oxygen atoms in total. The summed E-state index contributed by atoms with van der Waals surface area (Å²) in [5.41, 5.74) is 0.548. The van der Waals surface area contributed by atoms with Gasteiger partial charge < -0.3 is 4.90 Å². The molecule has 1 aliphatic heterocycles. The number of nitrogens with zero attached hydrogens (tertiary/aromatic N) is 1. The molecule has 6 heteroatoms. The molecule has 110 valence electrons. The monoisotopic (exact) mass is 315 g/mol. The lowest BCUT2D eigenvalue weighted by Crippen LogP contribution is -2.41. The molecule has 1 amide bonds. The van der Waals surface area contributed by atoms with E-state index in [-0.39, 0.29) is 23.5 Å². The van der Waals surface area contributed by atoms with Crippen molar-refractivity contribution in [2.24, 2.45) is 0 Å². The molecule has 1 heterocycles. The lowest BCUT2D eigenvalue weighted by molar-refractivity contribution is 0.0697. The van der Waals surface area contributed by atoms with E-state index in [4.69, 9.17) is 11.6 Å². The van der Waals surface area contributed by atoms with Crippen LogP contribution in [0, 0.1) is 0 Å². The van der Waals surface area contributed by atoms with E-state index in [9.17, 15) is 13.2 Å². The van der Waals surface area contributed by atoms with Gasteiger partial charge in [-0.25, -0.2) is 8.42 Å². The lowest BCUT2D eigenvalue weighted by atomic mass is 10.1. The molecule has 1 unspecified atom stereocenters. The highest BCUT2D eigenvalue weighted by Gasteiger charge is 2.34. The number of carbonyl (C=O) groups excluding carboxylic acids is 1. The van der Waals surface area contributed by atoms with Gasteiger partial charge in [-0.2, -0.15) is 0 Å². The van der Waals surface area contributed by atoms with Crippen LogP contribution in [0.4, 0.5) is 0 Å². The predicted octanol–water partition coefficient (Wildman–Crippen LogP) is 2.38. The Morgan fingerprint density at radius 2 is 2.00 bits per heavy atom. The zero-order valence-electron chi connectivity index (χ0n) is 11.4. The van der Waals surface area contributed by atoms with Gasteiger partial charge in [-0.05, 0) is 37.1 Å². The van der Waals surface area contributed by atoms with Crippen LogP contribution >= 0.6 is 11.6 Å². The average molecular weight is 316 g/mol. The van der Waals surface area contributed by atoms with Crippen LogP contribution in [0.3, 0.4) is 0 Å². The highest BCUT2D eigenvalue weighted by atomic mass is 35.5. The van der Waals surface area contributed by atoms with E-state index < -0.39 is 9.84 Å². The summed E-state index contributed by atoms with van der Waals surface area (Å²) in [6.07, 6.45) is 1.33. The first-order valence-electron chi connectivity index (χ1n) is 6.70. The van der Waals surface area contributed by atoms with Gasteiger partial charge in [0.15, 0.2) is 9.84 Å². The van der Waals surface area contributed by atoms with E-state index in [0.29, 0.717) is 23.6 Å². The summed E-state index contributed by atoms with van der Waals surface area (Å²) in [5.74, 6) is 0.128. The molecule has 2 rings (SSSR count). The maximum Gasteiger partial charge on any atom is 0.254 e. The number of hydrogen-bond acceptors (Lipinski definition) is 3. The minimum atomic E-state index is -3.00. The number of sulfone groups is 1. The van der Waals surface area contributed by atoms with E-state index in [1.165, 1.54) is 0 Å². The molecular formula is C14H18ClNO3S. The van der Waals surface area contributed by atoms with Gasteiger partial charge in [-0.15, -0.1) is 0 Å². The van der Waals surface area contributed by atoms with Crippen LogP contribution in [-0.4, -0.2) is 43.3 Å². The Balaban J connectivity index is 2.20. The molecule has 0 bridgehead atoms. The van der Waals surface area contributed by atoms with Crippen molar-refractivity contribution in [3.63, 3.8) is 0 Å². The molecule has 1 fully saturated rings. The molecule has 0 saturated carbocycles. The number of amides is 1. The SMILES string of the molecule is CCCN(C(=O)c1ccc(Cl)cc1)C1CCS(=O)(=O)C1. The molecular weight excluding hydrogens is 298 g/mol. The average Bonchev–Trinajstić information content (AvgIpc) is 2.76. The first-order valence-corrected chi connectivity index (χ1v) is 8.90. The van der Waals surface area contributed by atoms with Crippen molar-refractivity contribution in [2.75, 3.05) is 18.1 Å². The van der Waals surface area contributed by atoms with E-state index in [1.807, 2.05) is 6.92 Å². The smallest absolute Gasteiger partial charge is 0.254 e. The normalized spacial score (nSPS) is 20.8. The molecule has 0 aliphatic carbocycles. The van der Waals surface area contributed by atoms with Gasteiger partial charge >= 0.3 is 0 Å². The van der Waals surface area contributed by atoms with Gasteiger partial charge in [0.2, 0.25) is 0 Å². The molecule has 0 radical (unpaired) electrons. The number of carbonyl (C=O) groups is 1. The summed E-state index contributed by atoms with van der Waals surface area (Å²) in [7, 11) is -3.00. The van der Waals surface area contributed by atoms with Crippen molar-refractivity contribution in [1.82, 2.24) is 4.90 Å². The Labute approximate surface area is 124 Å². The molecule has 1 aromatic carbocycles. The van der Waals surface area contributed by atoms with Crippen LogP contribution in [0.5, 0.6) is 0 Å². The lowest BCUT2D eigenvalue weighted by Gasteiger charge is -2.28. The molecule has 0 N–H and O–H groups in total. The zero-order chi connectivity index (χ0) is 14.8. The van der Waals surface area contributed by atoms with Crippen molar-refractivity contribution in [1.29, 1.82) is 0 Å². The fraction of sp³-hybridized carbons (Fsp3) is 0.500. The molecule has 0 aromatic heterocycles. The second-order valence-corrected chi connectivity index (χ2v) is 7.73. The molecule has 1 atom stereocenters. The second kappa shape index (κ2) is 6.14. The summed E-state index contributed by atoms with van der Waals surface area (Å²) < 4.78 is 23.2. The van der Waals surface area contributed by atoms with Gasteiger partial charge in [0, 0.05) is 23.2 Å². The highest BCUT2D eigenvalue weighted by molar-refractivity contribution is 7.91. The van der Waals surface area contributed by atoms with Gasteiger partial charge in [0.25, 0.3) is 5.91 Å². The van der Waals surface area contributed by atoms with Crippen LogP contribution in [0.25, 0.3) is 0 Å². The minimum absolute atomic E-state index is 0.0757. The molecule has 1 aromatic rings. The van der Waals surface area contributed by atoms with Gasteiger partial charge in [0.05, 0.1) is 11.5 Å². The number of benzene rings is 1. The summed E-state index contributed by atoms with van der Waals surface area (Å²) in [4.78, 5) is 14.2. The van der Waals surface area contributed by atoms with E-state index >= 15 is 0 Å². The number of halogens is 1. The predicted molar refractivity (Wildman–Crippen MR) is 79.8 cm³/mol. The Morgan fingerprint density at radius 1 is 1.35 bits per heavy atom. The Hall–Kier alpha value is -1.07. The van der Waals surface area contributed by atoms with Gasteiger partial charge in [-0.3, -0.25) is 4.79 Å². The van der Waals surface area contributed by atoms with Crippen molar-refractivity contribution < 1.29 is 13.2 Å². The Kier molecular flexibility index (Phi) is 4.70. The molecule has 20 heavy (non-hydrogen) atoms. The summed E-state index contributed by atoms with van der Waals surface area (Å²) in [6.45, 7) is 2.55. The van der Waals surface area contributed by atoms with Crippen molar-refractivity contribution in [3.8, 4) is 0 Å². The molecule has 1 aliphatic rings. The quantitative estimate of drug-likeness (QED) is 0.857. The molecule has 0 spiro atoms. The van der Waals surface area contributed by atoms with Crippen molar-refractivity contribution in [2.45, 2.75) is 25.8 Å². The third-order valence-electron chi connectivity index (χ3n) is 3.47. The topological polar surface area (TPSA) is 54.5 Å². The third kappa shape index (κ3) is 3.52. The highest BCUT2D eigenvalue weighted by Crippen LogP contribution is 2.21. The summed E-state index contributed by atoms with van der Waals surface area (Å²) in [5, 5.41) is 0.576. The van der Waals surface area contributed by atoms with E-state index in [1.54, 1.807) is 29.2 Å². The van der Waals surface area contributed by atoms with Crippen LogP contribution in [-0.2, 0) is 9.84 Å². The van der Waals surface area contributed by atoms with Crippen LogP contribution in [0.2, 0.25) is 5.02 Å². The first kappa shape index (κ1) is 15.3. The van der Waals surface area contributed by atoms with Crippen molar-refractivity contribution in [3.05, 3.63) is 34.9 Å². The van der Waals surface area contributed by atoms with Crippen LogP contribution in [0.15, 0.2) is 24.3 Å². The zero-order valence-corrected chi connectivity index (χ0v) is 13.0.